The summed E-state index contributed by atoms with van der Waals surface area (Å²) >= 11 is 1.35. The number of nitro groups is 1. The van der Waals surface area contributed by atoms with Gasteiger partial charge in [0.2, 0.25) is 0 Å². The summed E-state index contributed by atoms with van der Waals surface area (Å²) in [6.07, 6.45) is 1.83. The van der Waals surface area contributed by atoms with E-state index in [1.807, 2.05) is 11.6 Å². The van der Waals surface area contributed by atoms with Crippen molar-refractivity contribution >= 4 is 17.0 Å². The second-order valence-corrected chi connectivity index (χ2v) is 4.15. The normalized spacial score (nSPS) is 10.2. The van der Waals surface area contributed by atoms with Gasteiger partial charge in [0.25, 0.3) is 5.69 Å². The molecule has 0 unspecified atom stereocenters. The van der Waals surface area contributed by atoms with Crippen LogP contribution in [0.2, 0.25) is 0 Å². The summed E-state index contributed by atoms with van der Waals surface area (Å²) < 4.78 is 1.78. The number of nitro benzene ring substituents is 1. The summed E-state index contributed by atoms with van der Waals surface area (Å²) in [5.74, 6) is 0. The van der Waals surface area contributed by atoms with Crippen LogP contribution in [0.15, 0.2) is 35.8 Å². The van der Waals surface area contributed by atoms with Crippen LogP contribution in [0.4, 0.5) is 5.69 Å². The van der Waals surface area contributed by atoms with Crippen molar-refractivity contribution in [2.75, 3.05) is 0 Å². The predicted molar refractivity (Wildman–Crippen MR) is 60.4 cm³/mol. The van der Waals surface area contributed by atoms with Gasteiger partial charge in [0.05, 0.1) is 4.92 Å². The zero-order chi connectivity index (χ0) is 11.5. The largest absolute Gasteiger partial charge is 0.320 e. The Balaban J connectivity index is 2.20. The lowest BCUT2D eigenvalue weighted by molar-refractivity contribution is -0.384. The van der Waals surface area contributed by atoms with Gasteiger partial charge in [-0.1, -0.05) is 12.1 Å². The van der Waals surface area contributed by atoms with Crippen LogP contribution in [0.3, 0.4) is 0 Å². The van der Waals surface area contributed by atoms with E-state index in [1.54, 1.807) is 16.7 Å². The highest BCUT2D eigenvalue weighted by Gasteiger charge is 2.04. The number of thiazole rings is 1. The van der Waals surface area contributed by atoms with Crippen molar-refractivity contribution in [3.05, 3.63) is 56.3 Å². The average Bonchev–Trinajstić information content (AvgIpc) is 2.65. The molecule has 0 aliphatic rings. The van der Waals surface area contributed by atoms with E-state index in [9.17, 15) is 10.1 Å². The highest BCUT2D eigenvalue weighted by Crippen LogP contribution is 2.12. The SMILES string of the molecule is N=c1sccn1Cc1ccc([N+](=O)[O-])cc1. The number of hydrogen-bond acceptors (Lipinski definition) is 4. The summed E-state index contributed by atoms with van der Waals surface area (Å²) in [4.78, 5) is 10.5. The summed E-state index contributed by atoms with van der Waals surface area (Å²) in [6, 6.07) is 6.38. The highest BCUT2D eigenvalue weighted by atomic mass is 32.1. The summed E-state index contributed by atoms with van der Waals surface area (Å²) in [6.45, 7) is 0.570. The van der Waals surface area contributed by atoms with E-state index in [1.165, 1.54) is 23.5 Å². The Morgan fingerprint density at radius 2 is 2.06 bits per heavy atom. The van der Waals surface area contributed by atoms with Gasteiger partial charge < -0.3 is 4.57 Å². The zero-order valence-electron chi connectivity index (χ0n) is 8.29. The molecule has 2 aromatic rings. The van der Waals surface area contributed by atoms with Gasteiger partial charge in [-0.05, 0) is 5.56 Å². The molecule has 0 aliphatic carbocycles. The summed E-state index contributed by atoms with van der Waals surface area (Å²) in [7, 11) is 0. The van der Waals surface area contributed by atoms with Crippen molar-refractivity contribution in [2.45, 2.75) is 6.54 Å². The monoisotopic (exact) mass is 235 g/mol. The molecule has 16 heavy (non-hydrogen) atoms. The Morgan fingerprint density at radius 1 is 1.38 bits per heavy atom. The molecule has 0 saturated carbocycles. The minimum Gasteiger partial charge on any atom is -0.320 e. The standard InChI is InChI=1S/C10H9N3O2S/c11-10-12(5-6-16-10)7-8-1-3-9(4-2-8)13(14)15/h1-6,11H,7H2. The molecule has 1 aromatic carbocycles. The molecule has 1 aromatic heterocycles. The molecule has 2 rings (SSSR count). The van der Waals surface area contributed by atoms with E-state index in [4.69, 9.17) is 5.41 Å². The van der Waals surface area contributed by atoms with Crippen LogP contribution >= 0.6 is 11.3 Å². The first kappa shape index (κ1) is 10.6. The van der Waals surface area contributed by atoms with Crippen LogP contribution in [0, 0.1) is 15.5 Å². The Bertz CT molecular complexity index is 556. The molecule has 0 radical (unpaired) electrons. The number of nitrogens with zero attached hydrogens (tertiary/aromatic N) is 2. The topological polar surface area (TPSA) is 71.9 Å². The van der Waals surface area contributed by atoms with Gasteiger partial charge in [-0.25, -0.2) is 0 Å². The first-order valence-electron chi connectivity index (χ1n) is 4.58. The smallest absolute Gasteiger partial charge is 0.269 e. The summed E-state index contributed by atoms with van der Waals surface area (Å²) in [5, 5.41) is 19.9. The lowest BCUT2D eigenvalue weighted by Crippen LogP contribution is -2.12. The van der Waals surface area contributed by atoms with Crippen molar-refractivity contribution in [2.24, 2.45) is 0 Å². The van der Waals surface area contributed by atoms with Gasteiger partial charge >= 0.3 is 0 Å². The zero-order valence-corrected chi connectivity index (χ0v) is 9.11. The Hall–Kier alpha value is -1.95. The quantitative estimate of drug-likeness (QED) is 0.652. The highest BCUT2D eigenvalue weighted by molar-refractivity contribution is 7.06. The molecule has 0 atom stereocenters. The van der Waals surface area contributed by atoms with Crippen LogP contribution in [0.5, 0.6) is 0 Å². The van der Waals surface area contributed by atoms with E-state index in [2.05, 4.69) is 0 Å². The first-order valence-corrected chi connectivity index (χ1v) is 5.46. The number of benzene rings is 1. The van der Waals surface area contributed by atoms with Gasteiger partial charge in [0.15, 0.2) is 4.80 Å². The maximum atomic E-state index is 10.5. The van der Waals surface area contributed by atoms with Gasteiger partial charge in [-0.15, -0.1) is 11.3 Å². The number of non-ortho nitro benzene ring substituents is 1. The van der Waals surface area contributed by atoms with E-state index >= 15 is 0 Å². The molecule has 0 aliphatic heterocycles. The average molecular weight is 235 g/mol. The third kappa shape index (κ3) is 2.17. The lowest BCUT2D eigenvalue weighted by atomic mass is 10.2. The minimum absolute atomic E-state index is 0.0881. The molecular formula is C10H9N3O2S. The second kappa shape index (κ2) is 4.28. The molecule has 1 N–H and O–H groups in total. The van der Waals surface area contributed by atoms with Gasteiger partial charge in [-0.2, -0.15) is 0 Å². The number of nitrogens with one attached hydrogen (secondary N) is 1. The fraction of sp³-hybridized carbons (Fsp3) is 0.100. The van der Waals surface area contributed by atoms with Gasteiger partial charge in [0.1, 0.15) is 0 Å². The van der Waals surface area contributed by atoms with Crippen LogP contribution in [0.25, 0.3) is 0 Å². The van der Waals surface area contributed by atoms with Crippen LogP contribution in [-0.4, -0.2) is 9.49 Å². The fourth-order valence-electron chi connectivity index (χ4n) is 1.35. The molecule has 82 valence electrons. The Morgan fingerprint density at radius 3 is 2.56 bits per heavy atom. The number of rotatable bonds is 3. The maximum Gasteiger partial charge on any atom is 0.269 e. The third-order valence-corrected chi connectivity index (χ3v) is 2.90. The van der Waals surface area contributed by atoms with Crippen LogP contribution in [-0.2, 0) is 6.54 Å². The van der Waals surface area contributed by atoms with Crippen LogP contribution < -0.4 is 4.80 Å². The molecule has 5 nitrogen and oxygen atoms in total. The van der Waals surface area contributed by atoms with Crippen molar-refractivity contribution in [1.29, 1.82) is 5.41 Å². The number of aromatic nitrogens is 1. The molecule has 0 saturated heterocycles. The van der Waals surface area contributed by atoms with E-state index < -0.39 is 4.92 Å². The van der Waals surface area contributed by atoms with Crippen molar-refractivity contribution in [1.82, 2.24) is 4.57 Å². The van der Waals surface area contributed by atoms with Crippen molar-refractivity contribution in [3.8, 4) is 0 Å². The van der Waals surface area contributed by atoms with E-state index in [0.29, 0.717) is 11.3 Å². The predicted octanol–water partition coefficient (Wildman–Crippen LogP) is 1.99. The molecule has 1 heterocycles. The van der Waals surface area contributed by atoms with E-state index in [-0.39, 0.29) is 5.69 Å². The minimum atomic E-state index is -0.419. The lowest BCUT2D eigenvalue weighted by Gasteiger charge is -2.01. The summed E-state index contributed by atoms with van der Waals surface area (Å²) in [5.41, 5.74) is 1.03. The third-order valence-electron chi connectivity index (χ3n) is 2.18. The first-order chi connectivity index (χ1) is 7.66. The fourth-order valence-corrected chi connectivity index (χ4v) is 1.95. The molecule has 0 fully saturated rings. The number of hydrogen-bond donors (Lipinski definition) is 1. The van der Waals surface area contributed by atoms with E-state index in [0.717, 1.165) is 5.56 Å². The molecule has 6 heteroatoms. The Kier molecular flexibility index (Phi) is 2.82. The molecule has 0 bridgehead atoms. The van der Waals surface area contributed by atoms with Gasteiger partial charge in [0, 0.05) is 30.3 Å². The van der Waals surface area contributed by atoms with Crippen molar-refractivity contribution < 1.29 is 4.92 Å². The van der Waals surface area contributed by atoms with Crippen LogP contribution in [0.1, 0.15) is 5.56 Å². The second-order valence-electron chi connectivity index (χ2n) is 3.26. The van der Waals surface area contributed by atoms with Crippen molar-refractivity contribution in [3.63, 3.8) is 0 Å². The molecule has 0 spiro atoms. The molecular weight excluding hydrogens is 226 g/mol. The van der Waals surface area contributed by atoms with Gasteiger partial charge in [-0.3, -0.25) is 15.5 Å². The molecule has 0 amide bonds. The maximum absolute atomic E-state index is 10.5. The Labute approximate surface area is 95.3 Å².